The first kappa shape index (κ1) is 10.0. The summed E-state index contributed by atoms with van der Waals surface area (Å²) in [5, 5.41) is 0. The maximum absolute atomic E-state index is 11.4. The molecule has 1 unspecified atom stereocenters. The number of piperidine rings is 1. The van der Waals surface area contributed by atoms with Gasteiger partial charge < -0.3 is 4.74 Å². The summed E-state index contributed by atoms with van der Waals surface area (Å²) in [4.78, 5) is 24.2. The summed E-state index contributed by atoms with van der Waals surface area (Å²) < 4.78 is 4.60. The number of hydrogen-bond acceptors (Lipinski definition) is 3. The average molecular weight is 185 g/mol. The molecule has 74 valence electrons. The van der Waals surface area contributed by atoms with Crippen molar-refractivity contribution in [1.29, 1.82) is 0 Å². The van der Waals surface area contributed by atoms with Gasteiger partial charge >= 0.3 is 6.09 Å². The molecule has 0 aliphatic carbocycles. The summed E-state index contributed by atoms with van der Waals surface area (Å²) in [6.07, 6.45) is 1.63. The minimum atomic E-state index is -0.389. The fraction of sp³-hybridized carbons (Fsp3) is 0.778. The molecule has 0 radical (unpaired) electrons. The zero-order valence-corrected chi connectivity index (χ0v) is 8.08. The maximum atomic E-state index is 11.4. The Bertz CT molecular complexity index is 215. The van der Waals surface area contributed by atoms with Gasteiger partial charge in [-0.1, -0.05) is 6.92 Å². The topological polar surface area (TPSA) is 46.6 Å². The van der Waals surface area contributed by atoms with Gasteiger partial charge in [0.1, 0.15) is 0 Å². The van der Waals surface area contributed by atoms with Crippen molar-refractivity contribution in [2.24, 2.45) is 0 Å². The Labute approximate surface area is 77.8 Å². The normalized spacial score (nSPS) is 23.1. The number of nitrogens with zero attached hydrogens (tertiary/aromatic N) is 1. The van der Waals surface area contributed by atoms with Gasteiger partial charge in [-0.15, -0.1) is 0 Å². The van der Waals surface area contributed by atoms with Crippen LogP contribution in [0.4, 0.5) is 4.79 Å². The van der Waals surface area contributed by atoms with Crippen molar-refractivity contribution in [1.82, 2.24) is 4.90 Å². The SMILES string of the molecule is CCC1C(=O)CCCN1C(=O)OC. The number of methoxy groups -OCH3 is 1. The molecule has 1 heterocycles. The minimum Gasteiger partial charge on any atom is -0.453 e. The molecule has 13 heavy (non-hydrogen) atoms. The summed E-state index contributed by atoms with van der Waals surface area (Å²) in [7, 11) is 1.34. The van der Waals surface area contributed by atoms with Gasteiger partial charge in [0.2, 0.25) is 0 Å². The zero-order valence-electron chi connectivity index (χ0n) is 8.08. The molecule has 1 rings (SSSR count). The van der Waals surface area contributed by atoms with Gasteiger partial charge in [-0.2, -0.15) is 0 Å². The highest BCUT2D eigenvalue weighted by molar-refractivity contribution is 5.88. The smallest absolute Gasteiger partial charge is 0.410 e. The molecular weight excluding hydrogens is 170 g/mol. The van der Waals surface area contributed by atoms with Crippen LogP contribution in [-0.2, 0) is 9.53 Å². The van der Waals surface area contributed by atoms with E-state index in [1.807, 2.05) is 6.92 Å². The molecule has 1 amide bonds. The van der Waals surface area contributed by atoms with Crippen molar-refractivity contribution in [3.05, 3.63) is 0 Å². The number of carbonyl (C=O) groups is 2. The predicted molar refractivity (Wildman–Crippen MR) is 47.4 cm³/mol. The molecule has 1 atom stereocenters. The van der Waals surface area contributed by atoms with Crippen LogP contribution in [0.5, 0.6) is 0 Å². The Hall–Kier alpha value is -1.06. The molecule has 1 aliphatic heterocycles. The van der Waals surface area contributed by atoms with Gasteiger partial charge in [0, 0.05) is 13.0 Å². The van der Waals surface area contributed by atoms with E-state index in [1.165, 1.54) is 12.0 Å². The van der Waals surface area contributed by atoms with Gasteiger partial charge in [0.15, 0.2) is 5.78 Å². The van der Waals surface area contributed by atoms with Gasteiger partial charge in [0.05, 0.1) is 13.2 Å². The van der Waals surface area contributed by atoms with Gasteiger partial charge in [-0.25, -0.2) is 4.79 Å². The Kier molecular flexibility index (Phi) is 3.28. The molecule has 4 nitrogen and oxygen atoms in total. The number of Topliss-reactive ketones (excluding diaryl/α,β-unsaturated/α-hetero) is 1. The monoisotopic (exact) mass is 185 g/mol. The third-order valence-electron chi connectivity index (χ3n) is 2.37. The van der Waals surface area contributed by atoms with Crippen molar-refractivity contribution in [3.8, 4) is 0 Å². The first-order valence-corrected chi connectivity index (χ1v) is 4.58. The lowest BCUT2D eigenvalue weighted by atomic mass is 9.99. The third-order valence-corrected chi connectivity index (χ3v) is 2.37. The first-order chi connectivity index (χ1) is 6.20. The van der Waals surface area contributed by atoms with Crippen molar-refractivity contribution in [2.45, 2.75) is 32.2 Å². The van der Waals surface area contributed by atoms with Crippen LogP contribution in [0.25, 0.3) is 0 Å². The maximum Gasteiger partial charge on any atom is 0.410 e. The molecule has 0 aromatic rings. The summed E-state index contributed by atoms with van der Waals surface area (Å²) >= 11 is 0. The summed E-state index contributed by atoms with van der Waals surface area (Å²) in [6, 6.07) is -0.263. The van der Waals surface area contributed by atoms with Gasteiger partial charge in [-0.05, 0) is 12.8 Å². The van der Waals surface area contributed by atoms with Gasteiger partial charge in [-0.3, -0.25) is 9.69 Å². The number of carbonyl (C=O) groups excluding carboxylic acids is 2. The number of ketones is 1. The van der Waals surface area contributed by atoms with Crippen molar-refractivity contribution >= 4 is 11.9 Å². The fourth-order valence-corrected chi connectivity index (χ4v) is 1.70. The highest BCUT2D eigenvalue weighted by Crippen LogP contribution is 2.16. The molecule has 0 spiro atoms. The number of likely N-dealkylation sites (tertiary alicyclic amines) is 1. The number of ether oxygens (including phenoxy) is 1. The highest BCUT2D eigenvalue weighted by atomic mass is 16.5. The van der Waals surface area contributed by atoms with E-state index in [2.05, 4.69) is 4.74 Å². The van der Waals surface area contributed by atoms with Crippen LogP contribution in [0.1, 0.15) is 26.2 Å². The van der Waals surface area contributed by atoms with Crippen LogP contribution in [0, 0.1) is 0 Å². The molecule has 0 aromatic carbocycles. The second-order valence-corrected chi connectivity index (χ2v) is 3.16. The summed E-state index contributed by atoms with van der Waals surface area (Å²) in [6.45, 7) is 2.54. The molecule has 0 aromatic heterocycles. The lowest BCUT2D eigenvalue weighted by Crippen LogP contribution is -2.48. The van der Waals surface area contributed by atoms with Crippen LogP contribution in [-0.4, -0.2) is 36.5 Å². The molecule has 1 fully saturated rings. The second-order valence-electron chi connectivity index (χ2n) is 3.16. The van der Waals surface area contributed by atoms with E-state index in [9.17, 15) is 9.59 Å². The van der Waals surface area contributed by atoms with E-state index in [1.54, 1.807) is 0 Å². The highest BCUT2D eigenvalue weighted by Gasteiger charge is 2.31. The molecule has 0 bridgehead atoms. The second kappa shape index (κ2) is 4.25. The zero-order chi connectivity index (χ0) is 9.84. The number of amides is 1. The number of hydrogen-bond donors (Lipinski definition) is 0. The van der Waals surface area contributed by atoms with Crippen LogP contribution >= 0.6 is 0 Å². The molecule has 4 heteroatoms. The Morgan fingerprint density at radius 3 is 2.92 bits per heavy atom. The Morgan fingerprint density at radius 2 is 2.38 bits per heavy atom. The average Bonchev–Trinajstić information content (AvgIpc) is 2.16. The van der Waals surface area contributed by atoms with Crippen LogP contribution in [0.15, 0.2) is 0 Å². The lowest BCUT2D eigenvalue weighted by molar-refractivity contribution is -0.126. The van der Waals surface area contributed by atoms with Crippen LogP contribution in [0.3, 0.4) is 0 Å². The molecule has 0 saturated carbocycles. The molecule has 1 aliphatic rings. The third kappa shape index (κ3) is 1.99. The van der Waals surface area contributed by atoms with E-state index in [0.29, 0.717) is 19.4 Å². The first-order valence-electron chi connectivity index (χ1n) is 4.58. The largest absolute Gasteiger partial charge is 0.453 e. The van der Waals surface area contributed by atoms with E-state index in [0.717, 1.165) is 6.42 Å². The summed E-state index contributed by atoms with van der Waals surface area (Å²) in [5.41, 5.74) is 0. The van der Waals surface area contributed by atoms with E-state index in [-0.39, 0.29) is 17.9 Å². The Balaban J connectivity index is 2.70. The van der Waals surface area contributed by atoms with Crippen molar-refractivity contribution in [2.75, 3.05) is 13.7 Å². The Morgan fingerprint density at radius 1 is 1.69 bits per heavy atom. The van der Waals surface area contributed by atoms with E-state index in [4.69, 9.17) is 0 Å². The van der Waals surface area contributed by atoms with E-state index >= 15 is 0 Å². The van der Waals surface area contributed by atoms with Crippen molar-refractivity contribution in [3.63, 3.8) is 0 Å². The van der Waals surface area contributed by atoms with Gasteiger partial charge in [0.25, 0.3) is 0 Å². The molecule has 0 N–H and O–H groups in total. The van der Waals surface area contributed by atoms with E-state index < -0.39 is 0 Å². The van der Waals surface area contributed by atoms with Crippen LogP contribution < -0.4 is 0 Å². The lowest BCUT2D eigenvalue weighted by Gasteiger charge is -2.32. The number of rotatable bonds is 1. The summed E-state index contributed by atoms with van der Waals surface area (Å²) in [5.74, 6) is 0.152. The van der Waals surface area contributed by atoms with Crippen LogP contribution in [0.2, 0.25) is 0 Å². The minimum absolute atomic E-state index is 0.152. The predicted octanol–water partition coefficient (Wildman–Crippen LogP) is 1.20. The molecular formula is C9H15NO3. The quantitative estimate of drug-likeness (QED) is 0.616. The molecule has 1 saturated heterocycles. The fourth-order valence-electron chi connectivity index (χ4n) is 1.70. The van der Waals surface area contributed by atoms with Crippen molar-refractivity contribution < 1.29 is 14.3 Å². The standard InChI is InChI=1S/C9H15NO3/c1-3-7-8(11)5-4-6-10(7)9(12)13-2/h7H,3-6H2,1-2H3.